The molecule has 0 unspecified atom stereocenters. The van der Waals surface area contributed by atoms with Gasteiger partial charge in [-0.15, -0.1) is 0 Å². The molecule has 0 saturated carbocycles. The zero-order chi connectivity index (χ0) is 14.4. The second kappa shape index (κ2) is 4.66. The molecule has 19 heavy (non-hydrogen) atoms. The molecule has 0 aromatic carbocycles. The molecule has 2 rings (SSSR count). The molecular weight excluding hydrogens is 369 g/mol. The molecule has 0 amide bonds. The third kappa shape index (κ3) is 2.25. The highest BCUT2D eigenvalue weighted by molar-refractivity contribution is 14.1. The third-order valence-corrected chi connectivity index (χ3v) is 4.27. The molecule has 0 bridgehead atoms. The molecule has 0 spiro atoms. The van der Waals surface area contributed by atoms with E-state index in [4.69, 9.17) is 10.5 Å². The molecule has 0 aliphatic carbocycles. The topological polar surface area (TPSA) is 131 Å². The number of aromatic nitrogens is 2. The van der Waals surface area contributed by atoms with E-state index in [-0.39, 0.29) is 5.82 Å². The number of halogens is 1. The number of hydrogen-bond donors (Lipinski definition) is 4. The summed E-state index contributed by atoms with van der Waals surface area (Å²) in [6.07, 6.45) is -1.23. The SMILES string of the molecule is C[C@]1(O)[C@H](n2ccc(N)nc2=O)O[C@](I)(CO)[C@H]1O. The quantitative estimate of drug-likeness (QED) is 0.365. The minimum atomic E-state index is -1.76. The number of alkyl halides is 1. The molecule has 9 heteroatoms. The van der Waals surface area contributed by atoms with E-state index < -0.39 is 33.8 Å². The molecule has 1 aliphatic heterocycles. The molecule has 1 saturated heterocycles. The van der Waals surface area contributed by atoms with Gasteiger partial charge in [0.1, 0.15) is 17.5 Å². The smallest absolute Gasteiger partial charge is 0.351 e. The molecule has 2 heterocycles. The normalized spacial score (nSPS) is 38.6. The molecule has 0 radical (unpaired) electrons. The Labute approximate surface area is 122 Å². The zero-order valence-corrected chi connectivity index (χ0v) is 12.2. The Balaban J connectivity index is 2.48. The van der Waals surface area contributed by atoms with Crippen LogP contribution in [0.4, 0.5) is 5.82 Å². The second-order valence-electron chi connectivity index (χ2n) is 4.59. The van der Waals surface area contributed by atoms with Gasteiger partial charge in [-0.1, -0.05) is 0 Å². The van der Waals surface area contributed by atoms with E-state index in [0.29, 0.717) is 0 Å². The number of rotatable bonds is 2. The van der Waals surface area contributed by atoms with Gasteiger partial charge in [0.15, 0.2) is 9.84 Å². The van der Waals surface area contributed by atoms with Crippen LogP contribution in [0.15, 0.2) is 17.1 Å². The molecule has 106 valence electrons. The van der Waals surface area contributed by atoms with Gasteiger partial charge in [-0.05, 0) is 35.6 Å². The molecular formula is C10H14IN3O5. The van der Waals surface area contributed by atoms with E-state index in [1.807, 2.05) is 0 Å². The lowest BCUT2D eigenvalue weighted by Gasteiger charge is -2.27. The number of aliphatic hydroxyl groups excluding tert-OH is 2. The van der Waals surface area contributed by atoms with Crippen molar-refractivity contribution in [2.45, 2.75) is 28.5 Å². The van der Waals surface area contributed by atoms with E-state index in [1.54, 1.807) is 22.6 Å². The Kier molecular flexibility index (Phi) is 3.60. The Morgan fingerprint density at radius 1 is 1.68 bits per heavy atom. The fourth-order valence-corrected chi connectivity index (χ4v) is 2.88. The molecule has 8 nitrogen and oxygen atoms in total. The van der Waals surface area contributed by atoms with E-state index in [0.717, 1.165) is 4.57 Å². The fourth-order valence-electron chi connectivity index (χ4n) is 2.01. The molecule has 4 atom stereocenters. The summed E-state index contributed by atoms with van der Waals surface area (Å²) in [4.78, 5) is 15.3. The van der Waals surface area contributed by atoms with Crippen LogP contribution in [-0.2, 0) is 4.74 Å². The van der Waals surface area contributed by atoms with Gasteiger partial charge in [0.2, 0.25) is 0 Å². The monoisotopic (exact) mass is 383 g/mol. The number of nitrogens with zero attached hydrogens (tertiary/aromatic N) is 2. The van der Waals surface area contributed by atoms with Gasteiger partial charge < -0.3 is 25.8 Å². The Hall–Kier alpha value is -0.750. The predicted octanol–water partition coefficient (Wildman–Crippen LogP) is -1.41. The summed E-state index contributed by atoms with van der Waals surface area (Å²) in [5.41, 5.74) is 2.91. The van der Waals surface area contributed by atoms with Gasteiger partial charge in [-0.2, -0.15) is 4.98 Å². The van der Waals surface area contributed by atoms with Gasteiger partial charge in [0.25, 0.3) is 0 Å². The van der Waals surface area contributed by atoms with Gasteiger partial charge >= 0.3 is 5.69 Å². The number of aliphatic hydroxyl groups is 3. The van der Waals surface area contributed by atoms with Crippen LogP contribution in [0.1, 0.15) is 13.2 Å². The van der Waals surface area contributed by atoms with Crippen LogP contribution in [0.2, 0.25) is 0 Å². The van der Waals surface area contributed by atoms with Crippen molar-refractivity contribution in [3.05, 3.63) is 22.7 Å². The van der Waals surface area contributed by atoms with E-state index >= 15 is 0 Å². The van der Waals surface area contributed by atoms with E-state index in [9.17, 15) is 20.1 Å². The predicted molar refractivity (Wildman–Crippen MR) is 73.5 cm³/mol. The summed E-state index contributed by atoms with van der Waals surface area (Å²) in [5, 5.41) is 29.7. The van der Waals surface area contributed by atoms with Crippen molar-refractivity contribution < 1.29 is 20.1 Å². The summed E-state index contributed by atoms with van der Waals surface area (Å²) in [6.45, 7) is 0.805. The largest absolute Gasteiger partial charge is 0.392 e. The average Bonchev–Trinajstić information content (AvgIpc) is 2.51. The minimum absolute atomic E-state index is 0.0438. The van der Waals surface area contributed by atoms with Gasteiger partial charge in [-0.25, -0.2) is 4.79 Å². The van der Waals surface area contributed by atoms with Crippen LogP contribution in [0.5, 0.6) is 0 Å². The highest BCUT2D eigenvalue weighted by Gasteiger charge is 2.60. The lowest BCUT2D eigenvalue weighted by atomic mass is 9.96. The lowest BCUT2D eigenvalue weighted by Crippen LogP contribution is -2.48. The second-order valence-corrected chi connectivity index (χ2v) is 6.41. The number of nitrogens with two attached hydrogens (primary N) is 1. The van der Waals surface area contributed by atoms with Crippen molar-refractivity contribution in [2.24, 2.45) is 0 Å². The van der Waals surface area contributed by atoms with Crippen LogP contribution in [0.25, 0.3) is 0 Å². The summed E-state index contributed by atoms with van der Waals surface area (Å²) in [7, 11) is 0. The molecule has 1 aliphatic rings. The first-order valence-electron chi connectivity index (χ1n) is 5.45. The van der Waals surface area contributed by atoms with Crippen LogP contribution < -0.4 is 11.4 Å². The summed E-state index contributed by atoms with van der Waals surface area (Å²) >= 11 is 1.70. The third-order valence-electron chi connectivity index (χ3n) is 3.09. The first-order valence-corrected chi connectivity index (χ1v) is 6.53. The Bertz CT molecular complexity index is 548. The lowest BCUT2D eigenvalue weighted by molar-refractivity contribution is -0.0998. The maximum Gasteiger partial charge on any atom is 0.351 e. The summed E-state index contributed by atoms with van der Waals surface area (Å²) in [5.74, 6) is 0.0438. The number of ether oxygens (including phenoxy) is 1. The highest BCUT2D eigenvalue weighted by Crippen LogP contribution is 2.46. The summed E-state index contributed by atoms with van der Waals surface area (Å²) < 4.78 is 5.08. The maximum atomic E-state index is 11.8. The maximum absolute atomic E-state index is 11.8. The molecule has 1 aromatic heterocycles. The standard InChI is InChI=1S/C10H14IN3O5/c1-9(18)6(16)10(11,4-15)19-7(9)14-3-2-5(12)13-8(14)17/h2-3,6-7,15-16,18H,4H2,1H3,(H2,12,13,17)/t6-,7+,9+,10+/m0/s1. The van der Waals surface area contributed by atoms with Gasteiger partial charge in [0.05, 0.1) is 6.61 Å². The van der Waals surface area contributed by atoms with Crippen molar-refractivity contribution in [3.8, 4) is 0 Å². The zero-order valence-electron chi connectivity index (χ0n) is 10.0. The van der Waals surface area contributed by atoms with E-state index in [1.165, 1.54) is 19.2 Å². The van der Waals surface area contributed by atoms with Crippen molar-refractivity contribution in [3.63, 3.8) is 0 Å². The summed E-state index contributed by atoms with van der Waals surface area (Å²) in [6, 6.07) is 1.37. The molecule has 5 N–H and O–H groups in total. The van der Waals surface area contributed by atoms with Gasteiger partial charge in [0, 0.05) is 6.20 Å². The van der Waals surface area contributed by atoms with Crippen molar-refractivity contribution in [1.29, 1.82) is 0 Å². The van der Waals surface area contributed by atoms with Crippen molar-refractivity contribution >= 4 is 28.4 Å². The van der Waals surface area contributed by atoms with Crippen molar-refractivity contribution in [2.75, 3.05) is 12.3 Å². The average molecular weight is 383 g/mol. The Morgan fingerprint density at radius 3 is 2.79 bits per heavy atom. The fraction of sp³-hybridized carbons (Fsp3) is 0.600. The van der Waals surface area contributed by atoms with Gasteiger partial charge in [-0.3, -0.25) is 4.57 Å². The van der Waals surface area contributed by atoms with Crippen LogP contribution in [0.3, 0.4) is 0 Å². The van der Waals surface area contributed by atoms with Crippen LogP contribution in [-0.4, -0.2) is 46.8 Å². The van der Waals surface area contributed by atoms with Crippen LogP contribution >= 0.6 is 22.6 Å². The minimum Gasteiger partial charge on any atom is -0.392 e. The van der Waals surface area contributed by atoms with Crippen molar-refractivity contribution in [1.82, 2.24) is 9.55 Å². The van der Waals surface area contributed by atoms with E-state index in [2.05, 4.69) is 4.98 Å². The first-order chi connectivity index (χ1) is 8.72. The highest BCUT2D eigenvalue weighted by atomic mass is 127. The number of hydrogen-bond acceptors (Lipinski definition) is 7. The number of anilines is 1. The number of nitrogen functional groups attached to an aromatic ring is 1. The first kappa shape index (κ1) is 14.7. The Morgan fingerprint density at radius 2 is 2.32 bits per heavy atom. The molecule has 1 aromatic rings. The molecule has 1 fully saturated rings. The van der Waals surface area contributed by atoms with Crippen LogP contribution in [0, 0.1) is 0 Å².